The topological polar surface area (TPSA) is 74.7 Å². The van der Waals surface area contributed by atoms with Gasteiger partial charge < -0.3 is 5.11 Å². The van der Waals surface area contributed by atoms with Gasteiger partial charge in [0.05, 0.1) is 4.90 Å². The van der Waals surface area contributed by atoms with Gasteiger partial charge in [-0.3, -0.25) is 4.79 Å². The molecule has 0 fully saturated rings. The quantitative estimate of drug-likeness (QED) is 0.841. The molecule has 0 saturated heterocycles. The van der Waals surface area contributed by atoms with E-state index in [1.807, 2.05) is 39.8 Å². The van der Waals surface area contributed by atoms with Crippen molar-refractivity contribution in [1.29, 1.82) is 0 Å². The van der Waals surface area contributed by atoms with E-state index >= 15 is 0 Å². The molecule has 0 aliphatic heterocycles. The molecule has 0 aliphatic rings. The molecule has 0 saturated carbocycles. The molecule has 1 atom stereocenters. The molecular formula is C20H25NO4S. The Morgan fingerprint density at radius 2 is 1.50 bits per heavy atom. The zero-order chi connectivity index (χ0) is 19.6. The maximum Gasteiger partial charge on any atom is 0.322 e. The minimum absolute atomic E-state index is 0.0919. The number of benzene rings is 2. The van der Waals surface area contributed by atoms with Gasteiger partial charge in [-0.15, -0.1) is 0 Å². The lowest BCUT2D eigenvalue weighted by Gasteiger charge is -2.26. The van der Waals surface area contributed by atoms with E-state index in [1.165, 1.54) is 19.2 Å². The molecule has 0 spiro atoms. The number of aryl methyl sites for hydroxylation is 4. The Hall–Kier alpha value is -2.18. The van der Waals surface area contributed by atoms with E-state index in [-0.39, 0.29) is 11.3 Å². The van der Waals surface area contributed by atoms with Crippen molar-refractivity contribution in [2.24, 2.45) is 0 Å². The van der Waals surface area contributed by atoms with Crippen molar-refractivity contribution in [3.8, 4) is 0 Å². The molecule has 26 heavy (non-hydrogen) atoms. The highest BCUT2D eigenvalue weighted by Gasteiger charge is 2.33. The third-order valence-corrected chi connectivity index (χ3v) is 6.54. The van der Waals surface area contributed by atoms with Crippen molar-refractivity contribution in [1.82, 2.24) is 4.31 Å². The van der Waals surface area contributed by atoms with Gasteiger partial charge in [0.15, 0.2) is 0 Å². The van der Waals surface area contributed by atoms with E-state index in [9.17, 15) is 18.3 Å². The number of sulfonamides is 1. The SMILES string of the molecule is Cc1ccc(S(=O)(=O)N(C)[C@H](Cc2c(C)cc(C)cc2C)C(=O)O)cc1. The smallest absolute Gasteiger partial charge is 0.322 e. The van der Waals surface area contributed by atoms with Gasteiger partial charge in [0.25, 0.3) is 0 Å². The normalized spacial score (nSPS) is 13.0. The summed E-state index contributed by atoms with van der Waals surface area (Å²) >= 11 is 0. The van der Waals surface area contributed by atoms with Crippen LogP contribution in [-0.4, -0.2) is 36.9 Å². The van der Waals surface area contributed by atoms with E-state index in [0.29, 0.717) is 0 Å². The molecule has 5 nitrogen and oxygen atoms in total. The summed E-state index contributed by atoms with van der Waals surface area (Å²) in [5.41, 5.74) is 4.84. The summed E-state index contributed by atoms with van der Waals surface area (Å²) < 4.78 is 26.7. The highest BCUT2D eigenvalue weighted by atomic mass is 32.2. The first-order valence-corrected chi connectivity index (χ1v) is 9.82. The van der Waals surface area contributed by atoms with Crippen LogP contribution < -0.4 is 0 Å². The molecule has 0 amide bonds. The lowest BCUT2D eigenvalue weighted by atomic mass is 9.94. The van der Waals surface area contributed by atoms with Crippen molar-refractivity contribution >= 4 is 16.0 Å². The molecule has 2 aromatic rings. The van der Waals surface area contributed by atoms with Crippen LogP contribution in [0.1, 0.15) is 27.8 Å². The monoisotopic (exact) mass is 375 g/mol. The van der Waals surface area contributed by atoms with Crippen LogP contribution >= 0.6 is 0 Å². The van der Waals surface area contributed by atoms with Gasteiger partial charge in [0.1, 0.15) is 6.04 Å². The molecule has 2 rings (SSSR count). The van der Waals surface area contributed by atoms with Gasteiger partial charge in [-0.25, -0.2) is 8.42 Å². The number of carbonyl (C=O) groups is 1. The van der Waals surface area contributed by atoms with Crippen molar-refractivity contribution in [2.75, 3.05) is 7.05 Å². The van der Waals surface area contributed by atoms with Gasteiger partial charge in [0.2, 0.25) is 10.0 Å². The largest absolute Gasteiger partial charge is 0.480 e. The first kappa shape index (κ1) is 20.1. The molecule has 0 aromatic heterocycles. The minimum Gasteiger partial charge on any atom is -0.480 e. The van der Waals surface area contributed by atoms with Crippen LogP contribution in [0.25, 0.3) is 0 Å². The molecule has 0 radical (unpaired) electrons. The van der Waals surface area contributed by atoms with Gasteiger partial charge in [-0.05, 0) is 56.5 Å². The third-order valence-electron chi connectivity index (χ3n) is 4.66. The lowest BCUT2D eigenvalue weighted by Crippen LogP contribution is -2.44. The summed E-state index contributed by atoms with van der Waals surface area (Å²) in [5.74, 6) is -1.16. The highest BCUT2D eigenvalue weighted by molar-refractivity contribution is 7.89. The number of aliphatic carboxylic acids is 1. The van der Waals surface area contributed by atoms with Crippen LogP contribution in [0.4, 0.5) is 0 Å². The van der Waals surface area contributed by atoms with Crippen molar-refractivity contribution in [3.05, 3.63) is 64.2 Å². The zero-order valence-corrected chi connectivity index (χ0v) is 16.6. The summed E-state index contributed by atoms with van der Waals surface area (Å²) in [4.78, 5) is 12.0. The molecule has 2 aromatic carbocycles. The van der Waals surface area contributed by atoms with E-state index in [2.05, 4.69) is 0 Å². The summed E-state index contributed by atoms with van der Waals surface area (Å²) in [7, 11) is -2.58. The molecule has 0 aliphatic carbocycles. The second-order valence-corrected chi connectivity index (χ2v) is 8.77. The summed E-state index contributed by atoms with van der Waals surface area (Å²) in [6, 6.07) is 9.19. The van der Waals surface area contributed by atoms with Crippen molar-refractivity contribution in [3.63, 3.8) is 0 Å². The fourth-order valence-corrected chi connectivity index (χ4v) is 4.45. The van der Waals surface area contributed by atoms with Crippen LogP contribution in [0.15, 0.2) is 41.3 Å². The molecule has 140 valence electrons. The minimum atomic E-state index is -3.90. The van der Waals surface area contributed by atoms with E-state index in [0.717, 1.165) is 32.1 Å². The number of hydrogen-bond donors (Lipinski definition) is 1. The average Bonchev–Trinajstić information content (AvgIpc) is 2.53. The van der Waals surface area contributed by atoms with Crippen LogP contribution in [0.5, 0.6) is 0 Å². The van der Waals surface area contributed by atoms with E-state index in [4.69, 9.17) is 0 Å². The number of carboxylic acid groups (broad SMARTS) is 1. The fourth-order valence-electron chi connectivity index (χ4n) is 3.14. The number of carboxylic acids is 1. The predicted molar refractivity (Wildman–Crippen MR) is 102 cm³/mol. The van der Waals surface area contributed by atoms with E-state index < -0.39 is 22.0 Å². The first-order chi connectivity index (χ1) is 12.0. The Labute approximate surface area is 155 Å². The van der Waals surface area contributed by atoms with Crippen LogP contribution in [0, 0.1) is 27.7 Å². The fraction of sp³-hybridized carbons (Fsp3) is 0.350. The maximum absolute atomic E-state index is 12.9. The first-order valence-electron chi connectivity index (χ1n) is 8.38. The third kappa shape index (κ3) is 4.14. The number of hydrogen-bond acceptors (Lipinski definition) is 3. The standard InChI is InChI=1S/C20H25NO4S/c1-13-6-8-17(9-7-13)26(24,25)21(5)19(20(22)23)12-18-15(3)10-14(2)11-16(18)4/h6-11,19H,12H2,1-5H3,(H,22,23)/t19-/m1/s1. The highest BCUT2D eigenvalue weighted by Crippen LogP contribution is 2.23. The Morgan fingerprint density at radius 1 is 1.00 bits per heavy atom. The molecular weight excluding hydrogens is 350 g/mol. The van der Waals surface area contributed by atoms with Crippen molar-refractivity contribution in [2.45, 2.75) is 45.1 Å². The number of rotatable bonds is 6. The van der Waals surface area contributed by atoms with Gasteiger partial charge >= 0.3 is 5.97 Å². The van der Waals surface area contributed by atoms with Crippen molar-refractivity contribution < 1.29 is 18.3 Å². The van der Waals surface area contributed by atoms with Gasteiger partial charge in [-0.1, -0.05) is 35.4 Å². The zero-order valence-electron chi connectivity index (χ0n) is 15.8. The Balaban J connectivity index is 2.41. The molecule has 1 N–H and O–H groups in total. The number of nitrogens with zero attached hydrogens (tertiary/aromatic N) is 1. The molecule has 6 heteroatoms. The molecule has 0 unspecified atom stereocenters. The van der Waals surface area contributed by atoms with Crippen LogP contribution in [0.2, 0.25) is 0 Å². The summed E-state index contributed by atoms with van der Waals surface area (Å²) in [5, 5.41) is 9.69. The predicted octanol–water partition coefficient (Wildman–Crippen LogP) is 3.24. The van der Waals surface area contributed by atoms with Crippen LogP contribution in [0.3, 0.4) is 0 Å². The maximum atomic E-state index is 12.9. The average molecular weight is 375 g/mol. The second kappa shape index (κ2) is 7.60. The van der Waals surface area contributed by atoms with Gasteiger partial charge in [0, 0.05) is 13.5 Å². The Bertz CT molecular complexity index is 894. The summed E-state index contributed by atoms with van der Waals surface area (Å²) in [6.07, 6.45) is 0.120. The molecule has 0 bridgehead atoms. The summed E-state index contributed by atoms with van der Waals surface area (Å²) in [6.45, 7) is 7.68. The lowest BCUT2D eigenvalue weighted by molar-refractivity contribution is -0.141. The number of likely N-dealkylation sites (N-methyl/N-ethyl adjacent to an activating group) is 1. The second-order valence-electron chi connectivity index (χ2n) is 6.77. The van der Waals surface area contributed by atoms with Crippen LogP contribution in [-0.2, 0) is 21.2 Å². The molecule has 0 heterocycles. The van der Waals surface area contributed by atoms with Gasteiger partial charge in [-0.2, -0.15) is 4.31 Å². The Morgan fingerprint density at radius 3 is 1.96 bits per heavy atom. The van der Waals surface area contributed by atoms with E-state index in [1.54, 1.807) is 12.1 Å². The Kier molecular flexibility index (Phi) is 5.88.